The van der Waals surface area contributed by atoms with Crippen molar-refractivity contribution in [3.8, 4) is 17.3 Å². The molecular weight excluding hydrogens is 425 g/mol. The van der Waals surface area contributed by atoms with Gasteiger partial charge >= 0.3 is 0 Å². The van der Waals surface area contributed by atoms with E-state index in [1.54, 1.807) is 37.1 Å². The number of aliphatic hydroxyl groups is 1. The van der Waals surface area contributed by atoms with Gasteiger partial charge in [-0.25, -0.2) is 9.07 Å². The van der Waals surface area contributed by atoms with Crippen LogP contribution in [-0.4, -0.2) is 66.4 Å². The highest BCUT2D eigenvalue weighted by Gasteiger charge is 2.24. The second-order valence-corrected chi connectivity index (χ2v) is 7.70. The molecule has 3 rings (SSSR count). The fourth-order valence-corrected chi connectivity index (χ4v) is 3.62. The van der Waals surface area contributed by atoms with E-state index < -0.39 is 11.9 Å². The Kier molecular flexibility index (Phi) is 9.38. The third-order valence-electron chi connectivity index (χ3n) is 5.22. The summed E-state index contributed by atoms with van der Waals surface area (Å²) in [4.78, 5) is 2.06. The van der Waals surface area contributed by atoms with Gasteiger partial charge in [0.15, 0.2) is 11.6 Å². The van der Waals surface area contributed by atoms with E-state index in [0.717, 1.165) is 16.9 Å². The molecule has 0 spiro atoms. The van der Waals surface area contributed by atoms with E-state index >= 15 is 0 Å². The molecule has 0 fully saturated rings. The van der Waals surface area contributed by atoms with E-state index in [9.17, 15) is 9.50 Å². The molecule has 0 saturated carbocycles. The topological polar surface area (TPSA) is 69.0 Å². The van der Waals surface area contributed by atoms with Crippen molar-refractivity contribution in [1.29, 1.82) is 0 Å². The molecule has 1 atom stereocenters. The number of ether oxygens (including phenoxy) is 3. The second kappa shape index (κ2) is 12.5. The van der Waals surface area contributed by atoms with Gasteiger partial charge in [0.1, 0.15) is 0 Å². The molecule has 0 saturated heterocycles. The summed E-state index contributed by atoms with van der Waals surface area (Å²) in [5.74, 6) is 0.127. The highest BCUT2D eigenvalue weighted by molar-refractivity contribution is 5.44. The van der Waals surface area contributed by atoms with Gasteiger partial charge in [0.25, 0.3) is 0 Å². The average molecular weight is 458 g/mol. The van der Waals surface area contributed by atoms with Gasteiger partial charge in [-0.15, -0.1) is 0 Å². The Bertz CT molecular complexity index is 997. The molecule has 1 aromatic heterocycles. The van der Waals surface area contributed by atoms with Crippen molar-refractivity contribution >= 4 is 0 Å². The molecule has 0 radical (unpaired) electrons. The summed E-state index contributed by atoms with van der Waals surface area (Å²) < 4.78 is 32.7. The number of hydrogen-bond acceptors (Lipinski definition) is 6. The minimum absolute atomic E-state index is 0.126. The fourth-order valence-electron chi connectivity index (χ4n) is 3.62. The van der Waals surface area contributed by atoms with Crippen molar-refractivity contribution in [2.45, 2.75) is 26.0 Å². The lowest BCUT2D eigenvalue weighted by molar-refractivity contribution is 0.0291. The Labute approximate surface area is 194 Å². The monoisotopic (exact) mass is 457 g/mol. The van der Waals surface area contributed by atoms with E-state index in [1.807, 2.05) is 37.3 Å². The maximum atomic E-state index is 14.5. The predicted molar refractivity (Wildman–Crippen MR) is 124 cm³/mol. The van der Waals surface area contributed by atoms with Crippen LogP contribution in [-0.2, 0) is 22.4 Å². The highest BCUT2D eigenvalue weighted by atomic mass is 19.1. The van der Waals surface area contributed by atoms with Gasteiger partial charge in [-0.1, -0.05) is 37.3 Å². The summed E-state index contributed by atoms with van der Waals surface area (Å²) in [6.45, 7) is 4.17. The zero-order valence-electron chi connectivity index (χ0n) is 19.4. The molecule has 3 aromatic rings. The Balaban J connectivity index is 2.04. The van der Waals surface area contributed by atoms with E-state index in [0.29, 0.717) is 38.5 Å². The molecule has 0 aliphatic heterocycles. The molecule has 2 aromatic carbocycles. The first-order valence-electron chi connectivity index (χ1n) is 11.0. The van der Waals surface area contributed by atoms with Crippen molar-refractivity contribution in [3.63, 3.8) is 0 Å². The minimum atomic E-state index is -0.656. The Morgan fingerprint density at radius 2 is 1.79 bits per heavy atom. The zero-order chi connectivity index (χ0) is 23.6. The summed E-state index contributed by atoms with van der Waals surface area (Å²) in [7, 11) is 3.20. The van der Waals surface area contributed by atoms with E-state index in [-0.39, 0.29) is 12.4 Å². The van der Waals surface area contributed by atoms with E-state index in [1.165, 1.54) is 6.07 Å². The molecule has 7 nitrogen and oxygen atoms in total. The van der Waals surface area contributed by atoms with Crippen molar-refractivity contribution in [2.24, 2.45) is 0 Å². The maximum Gasteiger partial charge on any atom is 0.227 e. The lowest BCUT2D eigenvalue weighted by Crippen LogP contribution is -2.36. The molecule has 8 heteroatoms. The lowest BCUT2D eigenvalue weighted by atomic mass is 10.1. The SMILES string of the molecule is CCc1nn(-c2ccccc2)c(Oc2ccccc2F)c1CN(CCOC)C[C@H](O)COC. The summed E-state index contributed by atoms with van der Waals surface area (Å²) in [6, 6.07) is 15.9. The second-order valence-electron chi connectivity index (χ2n) is 7.70. The lowest BCUT2D eigenvalue weighted by Gasteiger charge is -2.25. The number of para-hydroxylation sites is 2. The molecular formula is C25H32FN3O4. The quantitative estimate of drug-likeness (QED) is 0.421. The number of methoxy groups -OCH3 is 2. The third-order valence-corrected chi connectivity index (χ3v) is 5.22. The number of hydrogen-bond donors (Lipinski definition) is 1. The Morgan fingerprint density at radius 1 is 1.06 bits per heavy atom. The van der Waals surface area contributed by atoms with Crippen LogP contribution in [0.2, 0.25) is 0 Å². The van der Waals surface area contributed by atoms with Crippen LogP contribution >= 0.6 is 0 Å². The molecule has 178 valence electrons. The first-order chi connectivity index (χ1) is 16.1. The molecule has 33 heavy (non-hydrogen) atoms. The van der Waals surface area contributed by atoms with Crippen LogP contribution in [0.4, 0.5) is 4.39 Å². The van der Waals surface area contributed by atoms with Crippen LogP contribution in [0, 0.1) is 5.82 Å². The van der Waals surface area contributed by atoms with Crippen LogP contribution in [0.15, 0.2) is 54.6 Å². The molecule has 0 unspecified atom stereocenters. The molecule has 0 aliphatic rings. The molecule has 0 bridgehead atoms. The molecule has 1 heterocycles. The van der Waals surface area contributed by atoms with Crippen molar-refractivity contribution < 1.29 is 23.7 Å². The number of aliphatic hydroxyl groups excluding tert-OH is 1. The first-order valence-corrected chi connectivity index (χ1v) is 11.0. The Morgan fingerprint density at radius 3 is 2.45 bits per heavy atom. The number of aryl methyl sites for hydroxylation is 1. The maximum absolute atomic E-state index is 14.5. The van der Waals surface area contributed by atoms with Crippen LogP contribution in [0.25, 0.3) is 5.69 Å². The van der Waals surface area contributed by atoms with Crippen LogP contribution in [0.5, 0.6) is 11.6 Å². The standard InChI is InChI=1S/C25H32FN3O4/c1-4-23-21(17-28(14-15-31-2)16-20(30)18-32-3)25(33-24-13-9-8-12-22(24)26)29(27-23)19-10-6-5-7-11-19/h5-13,20,30H,4,14-18H2,1-3H3/t20-/m0/s1. The first kappa shape index (κ1) is 24.9. The number of rotatable bonds is 13. The number of nitrogens with zero attached hydrogens (tertiary/aromatic N) is 3. The van der Waals surface area contributed by atoms with Gasteiger partial charge in [-0.3, -0.25) is 4.90 Å². The van der Waals surface area contributed by atoms with Crippen LogP contribution in [0.3, 0.4) is 0 Å². The summed E-state index contributed by atoms with van der Waals surface area (Å²) in [6.07, 6.45) is 0.0127. The molecule has 0 amide bonds. The van der Waals surface area contributed by atoms with Gasteiger partial charge in [0.2, 0.25) is 5.88 Å². The van der Waals surface area contributed by atoms with E-state index in [4.69, 9.17) is 19.3 Å². The van der Waals surface area contributed by atoms with Crippen molar-refractivity contribution in [3.05, 3.63) is 71.7 Å². The van der Waals surface area contributed by atoms with Gasteiger partial charge < -0.3 is 19.3 Å². The van der Waals surface area contributed by atoms with Gasteiger partial charge in [0.05, 0.1) is 36.3 Å². The van der Waals surface area contributed by atoms with Gasteiger partial charge in [-0.05, 0) is 30.7 Å². The minimum Gasteiger partial charge on any atom is -0.435 e. The summed E-state index contributed by atoms with van der Waals surface area (Å²) >= 11 is 0. The van der Waals surface area contributed by atoms with Gasteiger partial charge in [0, 0.05) is 33.9 Å². The average Bonchev–Trinajstić information content (AvgIpc) is 3.16. The summed E-state index contributed by atoms with van der Waals surface area (Å²) in [5.41, 5.74) is 2.49. The number of benzene rings is 2. The molecule has 0 aliphatic carbocycles. The van der Waals surface area contributed by atoms with Crippen molar-refractivity contribution in [2.75, 3.05) is 40.5 Å². The fraction of sp³-hybridized carbons (Fsp3) is 0.400. The molecule has 1 N–H and O–H groups in total. The smallest absolute Gasteiger partial charge is 0.227 e. The number of aromatic nitrogens is 2. The highest BCUT2D eigenvalue weighted by Crippen LogP contribution is 2.33. The predicted octanol–water partition coefficient (Wildman–Crippen LogP) is 3.82. The van der Waals surface area contributed by atoms with E-state index in [2.05, 4.69) is 4.90 Å². The third kappa shape index (κ3) is 6.61. The Hall–Kier alpha value is -2.78. The summed E-state index contributed by atoms with van der Waals surface area (Å²) in [5, 5.41) is 15.1. The van der Waals surface area contributed by atoms with Crippen LogP contribution < -0.4 is 4.74 Å². The normalized spacial score (nSPS) is 12.3. The zero-order valence-corrected chi connectivity index (χ0v) is 19.4. The number of halogens is 1. The van der Waals surface area contributed by atoms with Crippen LogP contribution in [0.1, 0.15) is 18.2 Å². The van der Waals surface area contributed by atoms with Gasteiger partial charge in [-0.2, -0.15) is 5.10 Å². The van der Waals surface area contributed by atoms with Crippen molar-refractivity contribution in [1.82, 2.24) is 14.7 Å². The largest absolute Gasteiger partial charge is 0.435 e.